The molecule has 0 fully saturated rings. The third-order valence-corrected chi connectivity index (χ3v) is 5.02. The van der Waals surface area contributed by atoms with Gasteiger partial charge in [-0.2, -0.15) is 4.31 Å². The lowest BCUT2D eigenvalue weighted by atomic mass is 10.1. The Morgan fingerprint density at radius 3 is 2.32 bits per heavy atom. The molecule has 0 aliphatic carbocycles. The number of benzene rings is 1. The van der Waals surface area contributed by atoms with Crippen molar-refractivity contribution in [3.63, 3.8) is 0 Å². The number of halogens is 1. The number of hydrogen-bond acceptors (Lipinski definition) is 4. The molecule has 0 aromatic heterocycles. The number of carbonyl (C=O) groups is 2. The number of carboxylic acids is 1. The molecule has 122 valence electrons. The normalized spacial score (nSPS) is 12.9. The minimum absolute atomic E-state index is 0.143. The minimum Gasteiger partial charge on any atom is -0.479 e. The molecule has 0 spiro atoms. The lowest BCUT2D eigenvalue weighted by Gasteiger charge is -2.19. The van der Waals surface area contributed by atoms with Crippen LogP contribution in [0.3, 0.4) is 0 Å². The van der Waals surface area contributed by atoms with E-state index in [0.717, 1.165) is 4.31 Å². The first-order valence-corrected chi connectivity index (χ1v) is 8.37. The Kier molecular flexibility index (Phi) is 6.34. The Bertz CT molecular complexity index is 645. The number of aliphatic carboxylic acids is 1. The Balaban J connectivity index is 2.82. The van der Waals surface area contributed by atoms with Gasteiger partial charge in [0.1, 0.15) is 0 Å². The van der Waals surface area contributed by atoms with Crippen LogP contribution in [0.4, 0.5) is 0 Å². The van der Waals surface area contributed by atoms with E-state index in [1.54, 1.807) is 0 Å². The Morgan fingerprint density at radius 2 is 1.86 bits per heavy atom. The molecule has 1 amide bonds. The summed E-state index contributed by atoms with van der Waals surface area (Å²) < 4.78 is 24.0. The Morgan fingerprint density at radius 1 is 1.32 bits per heavy atom. The lowest BCUT2D eigenvalue weighted by molar-refractivity contribution is -0.142. The zero-order valence-electron chi connectivity index (χ0n) is 12.1. The second-order valence-electron chi connectivity index (χ2n) is 4.55. The average molecular weight is 349 g/mol. The molecule has 1 aromatic carbocycles. The van der Waals surface area contributed by atoms with Crippen molar-refractivity contribution in [3.8, 4) is 0 Å². The lowest BCUT2D eigenvalue weighted by Crippen LogP contribution is -2.42. The van der Waals surface area contributed by atoms with Crippen molar-refractivity contribution in [2.75, 3.05) is 19.3 Å². The van der Waals surface area contributed by atoms with E-state index in [1.807, 2.05) is 0 Å². The van der Waals surface area contributed by atoms with Crippen molar-refractivity contribution in [2.45, 2.75) is 13.0 Å². The maximum atomic E-state index is 11.9. The second-order valence-corrected chi connectivity index (χ2v) is 7.35. The molecule has 1 aromatic rings. The van der Waals surface area contributed by atoms with Crippen LogP contribution < -0.4 is 5.32 Å². The minimum atomic E-state index is -3.51. The largest absolute Gasteiger partial charge is 0.479 e. The Hall–Kier alpha value is -1.64. The summed E-state index contributed by atoms with van der Waals surface area (Å²) in [6, 6.07) is 4.70. The highest BCUT2D eigenvalue weighted by Gasteiger charge is 2.24. The van der Waals surface area contributed by atoms with Crippen molar-refractivity contribution < 1.29 is 23.1 Å². The van der Waals surface area contributed by atoms with Gasteiger partial charge in [0.05, 0.1) is 12.3 Å². The van der Waals surface area contributed by atoms with Gasteiger partial charge in [0.2, 0.25) is 15.9 Å². The summed E-state index contributed by atoms with van der Waals surface area (Å²) in [5, 5.41) is 11.9. The summed E-state index contributed by atoms with van der Waals surface area (Å²) in [5.41, 5.74) is 0.339. The highest BCUT2D eigenvalue weighted by atomic mass is 35.5. The van der Waals surface area contributed by atoms with E-state index in [2.05, 4.69) is 5.32 Å². The monoisotopic (exact) mass is 348 g/mol. The van der Waals surface area contributed by atoms with Crippen molar-refractivity contribution >= 4 is 33.5 Å². The topological polar surface area (TPSA) is 104 Å². The number of carboxylic acid groups (broad SMARTS) is 1. The van der Waals surface area contributed by atoms with Crippen LogP contribution in [-0.2, 0) is 19.6 Å². The Labute approximate surface area is 133 Å². The maximum Gasteiger partial charge on any atom is 0.330 e. The molecule has 0 saturated heterocycles. The first-order valence-electron chi connectivity index (χ1n) is 6.39. The van der Waals surface area contributed by atoms with E-state index in [4.69, 9.17) is 11.6 Å². The molecule has 0 heterocycles. The van der Waals surface area contributed by atoms with Gasteiger partial charge >= 0.3 is 5.97 Å². The molecule has 0 radical (unpaired) electrons. The fraction of sp³-hybridized carbons (Fsp3) is 0.385. The van der Waals surface area contributed by atoms with Gasteiger partial charge in [0.25, 0.3) is 0 Å². The van der Waals surface area contributed by atoms with Gasteiger partial charge in [0, 0.05) is 12.1 Å². The van der Waals surface area contributed by atoms with Crippen LogP contribution >= 0.6 is 11.6 Å². The van der Waals surface area contributed by atoms with E-state index in [-0.39, 0.29) is 5.75 Å². The summed E-state index contributed by atoms with van der Waals surface area (Å²) in [6.45, 7) is 1.01. The third-order valence-electron chi connectivity index (χ3n) is 2.96. The molecule has 0 saturated carbocycles. The second kappa shape index (κ2) is 7.57. The van der Waals surface area contributed by atoms with Crippen LogP contribution in [0.25, 0.3) is 0 Å². The number of rotatable bonds is 7. The van der Waals surface area contributed by atoms with Crippen molar-refractivity contribution in [1.29, 1.82) is 0 Å². The average Bonchev–Trinajstić information content (AvgIpc) is 2.45. The van der Waals surface area contributed by atoms with Gasteiger partial charge < -0.3 is 10.4 Å². The molecule has 1 atom stereocenters. The van der Waals surface area contributed by atoms with Crippen LogP contribution in [0.1, 0.15) is 18.5 Å². The van der Waals surface area contributed by atoms with Gasteiger partial charge in [-0.15, -0.1) is 0 Å². The smallest absolute Gasteiger partial charge is 0.330 e. The number of nitrogens with one attached hydrogen (secondary N) is 1. The van der Waals surface area contributed by atoms with Crippen LogP contribution in [-0.4, -0.2) is 49.1 Å². The number of nitrogens with zero attached hydrogens (tertiary/aromatic N) is 1. The molecular formula is C13H17ClN2O5S. The van der Waals surface area contributed by atoms with Crippen LogP contribution in [0.2, 0.25) is 5.02 Å². The van der Waals surface area contributed by atoms with Crippen molar-refractivity contribution in [1.82, 2.24) is 9.62 Å². The van der Waals surface area contributed by atoms with Crippen molar-refractivity contribution in [2.24, 2.45) is 0 Å². The SMILES string of the molecule is CCS(=O)(=O)N(C)CC(=O)NC(C(=O)O)c1ccc(Cl)cc1. The third kappa shape index (κ3) is 4.97. The first kappa shape index (κ1) is 18.4. The van der Waals surface area contributed by atoms with Gasteiger partial charge in [0.15, 0.2) is 6.04 Å². The number of sulfonamides is 1. The predicted octanol–water partition coefficient (Wildman–Crippen LogP) is 0.863. The number of hydrogen-bond donors (Lipinski definition) is 2. The number of likely N-dealkylation sites (N-methyl/N-ethyl adjacent to an activating group) is 1. The van der Waals surface area contributed by atoms with Crippen LogP contribution in [0.5, 0.6) is 0 Å². The molecule has 0 aliphatic rings. The molecule has 22 heavy (non-hydrogen) atoms. The van der Waals surface area contributed by atoms with Crippen LogP contribution in [0, 0.1) is 0 Å². The number of carbonyl (C=O) groups excluding carboxylic acids is 1. The molecule has 0 bridgehead atoms. The number of amides is 1. The quantitative estimate of drug-likeness (QED) is 0.760. The molecule has 0 aliphatic heterocycles. The maximum absolute atomic E-state index is 11.9. The van der Waals surface area contributed by atoms with Crippen LogP contribution in [0.15, 0.2) is 24.3 Å². The van der Waals surface area contributed by atoms with E-state index in [0.29, 0.717) is 10.6 Å². The molecule has 1 unspecified atom stereocenters. The van der Waals surface area contributed by atoms with E-state index >= 15 is 0 Å². The zero-order valence-corrected chi connectivity index (χ0v) is 13.7. The van der Waals surface area contributed by atoms with Gasteiger partial charge in [-0.05, 0) is 24.6 Å². The summed E-state index contributed by atoms with van der Waals surface area (Å²) in [7, 11) is -2.25. The molecule has 7 nitrogen and oxygen atoms in total. The van der Waals surface area contributed by atoms with Gasteiger partial charge in [-0.3, -0.25) is 4.79 Å². The zero-order chi connectivity index (χ0) is 16.9. The molecule has 2 N–H and O–H groups in total. The summed E-state index contributed by atoms with van der Waals surface area (Å²) in [4.78, 5) is 23.1. The standard InChI is InChI=1S/C13H17ClN2O5S/c1-3-22(20,21)16(2)8-11(17)15-12(13(18)19)9-4-6-10(14)7-5-9/h4-7,12H,3,8H2,1-2H3,(H,15,17)(H,18,19). The molecular weight excluding hydrogens is 332 g/mol. The molecule has 1 rings (SSSR count). The van der Waals surface area contributed by atoms with E-state index in [9.17, 15) is 23.1 Å². The van der Waals surface area contributed by atoms with Gasteiger partial charge in [-0.25, -0.2) is 13.2 Å². The highest BCUT2D eigenvalue weighted by Crippen LogP contribution is 2.17. The van der Waals surface area contributed by atoms with E-state index in [1.165, 1.54) is 38.2 Å². The van der Waals surface area contributed by atoms with E-state index < -0.39 is 34.5 Å². The first-order chi connectivity index (χ1) is 10.2. The highest BCUT2D eigenvalue weighted by molar-refractivity contribution is 7.89. The summed E-state index contributed by atoms with van der Waals surface area (Å²) in [5.74, 6) is -2.10. The predicted molar refractivity (Wildman–Crippen MR) is 82.1 cm³/mol. The summed E-state index contributed by atoms with van der Waals surface area (Å²) >= 11 is 5.73. The van der Waals surface area contributed by atoms with Gasteiger partial charge in [-0.1, -0.05) is 23.7 Å². The molecule has 9 heteroatoms. The fourth-order valence-corrected chi connectivity index (χ4v) is 2.55. The summed E-state index contributed by atoms with van der Waals surface area (Å²) in [6.07, 6.45) is 0. The fourth-order valence-electron chi connectivity index (χ4n) is 1.67. The van der Waals surface area contributed by atoms with Crippen molar-refractivity contribution in [3.05, 3.63) is 34.9 Å².